The Morgan fingerprint density at radius 1 is 1.55 bits per heavy atom. The van der Waals surface area contributed by atoms with E-state index < -0.39 is 0 Å². The molecule has 0 aliphatic heterocycles. The maximum Gasteiger partial charge on any atom is 0.155 e. The van der Waals surface area contributed by atoms with E-state index in [1.54, 1.807) is 16.8 Å². The summed E-state index contributed by atoms with van der Waals surface area (Å²) in [6, 6.07) is 3.61. The molecule has 0 unspecified atom stereocenters. The zero-order chi connectivity index (χ0) is 7.68. The van der Waals surface area contributed by atoms with Crippen LogP contribution in [0.5, 0.6) is 0 Å². The van der Waals surface area contributed by atoms with Crippen LogP contribution in [0.4, 0.5) is 0 Å². The monoisotopic (exact) mass is 149 g/mol. The summed E-state index contributed by atoms with van der Waals surface area (Å²) in [5.74, 6) is 0. The SMILES string of the molecule is OCc1ccn2ncnc2c1. The van der Waals surface area contributed by atoms with Gasteiger partial charge >= 0.3 is 0 Å². The maximum atomic E-state index is 8.78. The van der Waals surface area contributed by atoms with Crippen molar-refractivity contribution in [3.05, 3.63) is 30.2 Å². The van der Waals surface area contributed by atoms with E-state index in [2.05, 4.69) is 10.1 Å². The number of rotatable bonds is 1. The zero-order valence-corrected chi connectivity index (χ0v) is 5.81. The van der Waals surface area contributed by atoms with Crippen molar-refractivity contribution in [1.82, 2.24) is 14.6 Å². The van der Waals surface area contributed by atoms with Crippen molar-refractivity contribution in [1.29, 1.82) is 0 Å². The Kier molecular flexibility index (Phi) is 1.33. The number of aliphatic hydroxyl groups is 1. The Morgan fingerprint density at radius 3 is 3.27 bits per heavy atom. The van der Waals surface area contributed by atoms with E-state index in [1.807, 2.05) is 6.07 Å². The third-order valence-electron chi connectivity index (χ3n) is 1.53. The molecule has 0 atom stereocenters. The van der Waals surface area contributed by atoms with Gasteiger partial charge in [-0.15, -0.1) is 0 Å². The van der Waals surface area contributed by atoms with E-state index in [9.17, 15) is 0 Å². The molecule has 2 rings (SSSR count). The van der Waals surface area contributed by atoms with Crippen molar-refractivity contribution >= 4 is 5.65 Å². The number of aromatic nitrogens is 3. The molecule has 0 aromatic carbocycles. The first-order chi connectivity index (χ1) is 5.40. The van der Waals surface area contributed by atoms with Gasteiger partial charge in [0.2, 0.25) is 0 Å². The van der Waals surface area contributed by atoms with E-state index in [-0.39, 0.29) is 6.61 Å². The van der Waals surface area contributed by atoms with Crippen LogP contribution in [-0.2, 0) is 6.61 Å². The predicted octanol–water partition coefficient (Wildman–Crippen LogP) is 0.222. The van der Waals surface area contributed by atoms with Crippen molar-refractivity contribution in [2.24, 2.45) is 0 Å². The Bertz CT molecular complexity index is 368. The van der Waals surface area contributed by atoms with Gasteiger partial charge in [-0.25, -0.2) is 9.50 Å². The summed E-state index contributed by atoms with van der Waals surface area (Å²) in [5, 5.41) is 12.7. The van der Waals surface area contributed by atoms with Crippen LogP contribution in [-0.4, -0.2) is 19.7 Å². The molecular formula is C7H7N3O. The highest BCUT2D eigenvalue weighted by Gasteiger charge is 1.94. The van der Waals surface area contributed by atoms with E-state index in [4.69, 9.17) is 5.11 Å². The van der Waals surface area contributed by atoms with Crippen LogP contribution in [0.2, 0.25) is 0 Å². The summed E-state index contributed by atoms with van der Waals surface area (Å²) in [6.45, 7) is 0.0450. The standard InChI is InChI=1S/C7H7N3O/c11-4-6-1-2-10-7(3-6)8-5-9-10/h1-3,5,11H,4H2. The number of hydrogen-bond donors (Lipinski definition) is 1. The average Bonchev–Trinajstić information content (AvgIpc) is 2.50. The second kappa shape index (κ2) is 2.32. The van der Waals surface area contributed by atoms with E-state index in [1.165, 1.54) is 6.33 Å². The van der Waals surface area contributed by atoms with Gasteiger partial charge in [0.05, 0.1) is 6.61 Å². The van der Waals surface area contributed by atoms with E-state index >= 15 is 0 Å². The lowest BCUT2D eigenvalue weighted by atomic mass is 10.3. The molecule has 11 heavy (non-hydrogen) atoms. The Labute approximate surface area is 63.1 Å². The van der Waals surface area contributed by atoms with E-state index in [0.29, 0.717) is 0 Å². The van der Waals surface area contributed by atoms with Crippen LogP contribution in [0.1, 0.15) is 5.56 Å². The van der Waals surface area contributed by atoms with Gasteiger partial charge in [-0.05, 0) is 17.7 Å². The molecule has 0 aliphatic carbocycles. The fraction of sp³-hybridized carbons (Fsp3) is 0.143. The molecule has 4 nitrogen and oxygen atoms in total. The van der Waals surface area contributed by atoms with Crippen molar-refractivity contribution in [2.45, 2.75) is 6.61 Å². The summed E-state index contributed by atoms with van der Waals surface area (Å²) in [6.07, 6.45) is 3.25. The fourth-order valence-electron chi connectivity index (χ4n) is 0.956. The molecule has 0 aliphatic rings. The molecule has 0 radical (unpaired) electrons. The zero-order valence-electron chi connectivity index (χ0n) is 5.81. The van der Waals surface area contributed by atoms with Gasteiger partial charge in [0.15, 0.2) is 5.65 Å². The highest BCUT2D eigenvalue weighted by atomic mass is 16.3. The largest absolute Gasteiger partial charge is 0.392 e. The molecule has 0 bridgehead atoms. The molecule has 0 fully saturated rings. The molecule has 56 valence electrons. The predicted molar refractivity (Wildman–Crippen MR) is 38.9 cm³/mol. The van der Waals surface area contributed by atoms with Gasteiger partial charge in [0.1, 0.15) is 6.33 Å². The number of aliphatic hydroxyl groups excluding tert-OH is 1. The number of pyridine rings is 1. The van der Waals surface area contributed by atoms with Gasteiger partial charge in [-0.2, -0.15) is 5.10 Å². The first-order valence-electron chi connectivity index (χ1n) is 3.29. The minimum absolute atomic E-state index is 0.0450. The van der Waals surface area contributed by atoms with Crippen LogP contribution in [0.15, 0.2) is 24.7 Å². The average molecular weight is 149 g/mol. The second-order valence-corrected chi connectivity index (χ2v) is 2.26. The number of hydrogen-bond acceptors (Lipinski definition) is 3. The second-order valence-electron chi connectivity index (χ2n) is 2.26. The van der Waals surface area contributed by atoms with Gasteiger partial charge in [-0.1, -0.05) is 0 Å². The Hall–Kier alpha value is -1.42. The van der Waals surface area contributed by atoms with Crippen molar-refractivity contribution in [3.8, 4) is 0 Å². The summed E-state index contributed by atoms with van der Waals surface area (Å²) >= 11 is 0. The molecule has 0 spiro atoms. The smallest absolute Gasteiger partial charge is 0.155 e. The van der Waals surface area contributed by atoms with Gasteiger partial charge in [0, 0.05) is 6.20 Å². The molecule has 2 aromatic rings. The van der Waals surface area contributed by atoms with Crippen LogP contribution in [0.3, 0.4) is 0 Å². The molecule has 0 saturated carbocycles. The first-order valence-corrected chi connectivity index (χ1v) is 3.29. The van der Waals surface area contributed by atoms with Crippen molar-refractivity contribution in [2.75, 3.05) is 0 Å². The maximum absolute atomic E-state index is 8.78. The molecule has 2 aromatic heterocycles. The topological polar surface area (TPSA) is 50.4 Å². The molecule has 4 heteroatoms. The third kappa shape index (κ3) is 0.969. The molecule has 1 N–H and O–H groups in total. The number of nitrogens with zero attached hydrogens (tertiary/aromatic N) is 3. The van der Waals surface area contributed by atoms with Crippen molar-refractivity contribution < 1.29 is 5.11 Å². The Balaban J connectivity index is 2.67. The lowest BCUT2D eigenvalue weighted by Gasteiger charge is -1.94. The van der Waals surface area contributed by atoms with Gasteiger partial charge < -0.3 is 5.11 Å². The minimum atomic E-state index is 0.0450. The molecule has 0 saturated heterocycles. The highest BCUT2D eigenvalue weighted by molar-refractivity contribution is 5.38. The first kappa shape index (κ1) is 6.30. The van der Waals surface area contributed by atoms with Gasteiger partial charge in [0.25, 0.3) is 0 Å². The Morgan fingerprint density at radius 2 is 2.45 bits per heavy atom. The molecule has 2 heterocycles. The fourth-order valence-corrected chi connectivity index (χ4v) is 0.956. The summed E-state index contributed by atoms with van der Waals surface area (Å²) in [4.78, 5) is 3.97. The molecular weight excluding hydrogens is 142 g/mol. The lowest BCUT2D eigenvalue weighted by molar-refractivity contribution is 0.282. The van der Waals surface area contributed by atoms with Crippen LogP contribution in [0.25, 0.3) is 5.65 Å². The summed E-state index contributed by atoms with van der Waals surface area (Å²) in [7, 11) is 0. The summed E-state index contributed by atoms with van der Waals surface area (Å²) < 4.78 is 1.65. The van der Waals surface area contributed by atoms with Crippen molar-refractivity contribution in [3.63, 3.8) is 0 Å². The third-order valence-corrected chi connectivity index (χ3v) is 1.53. The summed E-state index contributed by atoms with van der Waals surface area (Å²) in [5.41, 5.74) is 1.61. The highest BCUT2D eigenvalue weighted by Crippen LogP contribution is 2.02. The van der Waals surface area contributed by atoms with Gasteiger partial charge in [-0.3, -0.25) is 0 Å². The van der Waals surface area contributed by atoms with Crippen LogP contribution >= 0.6 is 0 Å². The normalized spacial score (nSPS) is 10.6. The van der Waals surface area contributed by atoms with E-state index in [0.717, 1.165) is 11.2 Å². The minimum Gasteiger partial charge on any atom is -0.392 e. The lowest BCUT2D eigenvalue weighted by Crippen LogP contribution is -1.89. The van der Waals surface area contributed by atoms with Crippen LogP contribution in [0, 0.1) is 0 Å². The molecule has 0 amide bonds. The quantitative estimate of drug-likeness (QED) is 0.631. The van der Waals surface area contributed by atoms with Crippen LogP contribution < -0.4 is 0 Å². The number of fused-ring (bicyclic) bond motifs is 1.